The Labute approximate surface area is 172 Å². The Morgan fingerprint density at radius 2 is 1.79 bits per heavy atom. The fourth-order valence-electron chi connectivity index (χ4n) is 2.11. The molecule has 0 saturated carbocycles. The lowest BCUT2D eigenvalue weighted by atomic mass is 10.2. The SMILES string of the molecule is Cc1ccc(S(=O)(=O)CCC(=O)OCC(=O)Nc2ncc(Cl)c(C)c2Cl)cc1. The third kappa shape index (κ3) is 5.92. The van der Waals surface area contributed by atoms with Crippen molar-refractivity contribution in [3.8, 4) is 0 Å². The van der Waals surface area contributed by atoms with Gasteiger partial charge in [-0.25, -0.2) is 13.4 Å². The molecule has 1 aromatic carbocycles. The summed E-state index contributed by atoms with van der Waals surface area (Å²) in [6.07, 6.45) is 0.961. The van der Waals surface area contributed by atoms with Crippen molar-refractivity contribution in [1.82, 2.24) is 4.98 Å². The summed E-state index contributed by atoms with van der Waals surface area (Å²) in [5, 5.41) is 2.93. The van der Waals surface area contributed by atoms with Crippen molar-refractivity contribution in [2.75, 3.05) is 17.7 Å². The van der Waals surface area contributed by atoms with Gasteiger partial charge >= 0.3 is 5.97 Å². The number of amides is 1. The van der Waals surface area contributed by atoms with Gasteiger partial charge in [0, 0.05) is 6.20 Å². The van der Waals surface area contributed by atoms with Crippen LogP contribution in [0.15, 0.2) is 35.4 Å². The zero-order valence-electron chi connectivity index (χ0n) is 15.2. The molecule has 0 radical (unpaired) electrons. The number of nitrogens with zero attached hydrogens (tertiary/aromatic N) is 1. The van der Waals surface area contributed by atoms with Crippen LogP contribution >= 0.6 is 23.2 Å². The molecule has 1 heterocycles. The summed E-state index contributed by atoms with van der Waals surface area (Å²) in [5.41, 5.74) is 1.47. The average molecular weight is 445 g/mol. The molecule has 28 heavy (non-hydrogen) atoms. The first-order chi connectivity index (χ1) is 13.1. The van der Waals surface area contributed by atoms with E-state index in [9.17, 15) is 18.0 Å². The molecule has 0 aliphatic rings. The number of aryl methyl sites for hydroxylation is 1. The quantitative estimate of drug-likeness (QED) is 0.656. The minimum absolute atomic E-state index is 0.0894. The second-order valence-electron chi connectivity index (χ2n) is 5.98. The van der Waals surface area contributed by atoms with Gasteiger partial charge in [-0.05, 0) is 31.5 Å². The van der Waals surface area contributed by atoms with E-state index in [1.807, 2.05) is 6.92 Å². The zero-order valence-corrected chi connectivity index (χ0v) is 17.5. The smallest absolute Gasteiger partial charge is 0.307 e. The van der Waals surface area contributed by atoms with Gasteiger partial charge < -0.3 is 10.1 Å². The maximum absolute atomic E-state index is 12.2. The highest BCUT2D eigenvalue weighted by Gasteiger charge is 2.18. The molecule has 0 bridgehead atoms. The molecule has 0 saturated heterocycles. The van der Waals surface area contributed by atoms with Gasteiger partial charge in [-0.1, -0.05) is 40.9 Å². The minimum atomic E-state index is -3.62. The number of carbonyl (C=O) groups is 2. The fourth-order valence-corrected chi connectivity index (χ4v) is 3.72. The van der Waals surface area contributed by atoms with Crippen LogP contribution in [0.1, 0.15) is 17.5 Å². The Balaban J connectivity index is 1.84. The number of aromatic nitrogens is 1. The first kappa shape index (κ1) is 22.1. The molecule has 0 aliphatic carbocycles. The van der Waals surface area contributed by atoms with Crippen molar-refractivity contribution in [3.05, 3.63) is 51.6 Å². The molecular weight excluding hydrogens is 427 g/mol. The lowest BCUT2D eigenvalue weighted by molar-refractivity contribution is -0.146. The number of hydrogen-bond acceptors (Lipinski definition) is 6. The summed E-state index contributed by atoms with van der Waals surface area (Å²) in [7, 11) is -3.62. The third-order valence-electron chi connectivity index (χ3n) is 3.78. The molecule has 0 unspecified atom stereocenters. The van der Waals surface area contributed by atoms with Gasteiger partial charge in [-0.3, -0.25) is 9.59 Å². The van der Waals surface area contributed by atoms with Crippen LogP contribution in [0.4, 0.5) is 5.82 Å². The predicted octanol–water partition coefficient (Wildman–Crippen LogP) is 3.35. The monoisotopic (exact) mass is 444 g/mol. The molecule has 2 rings (SSSR count). The van der Waals surface area contributed by atoms with E-state index in [2.05, 4.69) is 10.3 Å². The normalized spacial score (nSPS) is 11.1. The van der Waals surface area contributed by atoms with E-state index < -0.39 is 34.1 Å². The van der Waals surface area contributed by atoms with E-state index in [4.69, 9.17) is 27.9 Å². The van der Waals surface area contributed by atoms with Crippen molar-refractivity contribution in [2.45, 2.75) is 25.2 Å². The number of halogens is 2. The van der Waals surface area contributed by atoms with Crippen molar-refractivity contribution < 1.29 is 22.7 Å². The highest BCUT2D eigenvalue weighted by Crippen LogP contribution is 2.28. The lowest BCUT2D eigenvalue weighted by Gasteiger charge is -2.09. The van der Waals surface area contributed by atoms with E-state index in [0.717, 1.165) is 5.56 Å². The molecule has 0 atom stereocenters. The molecule has 7 nitrogen and oxygen atoms in total. The Hall–Kier alpha value is -2.16. The highest BCUT2D eigenvalue weighted by atomic mass is 35.5. The number of benzene rings is 1. The Kier molecular flexibility index (Phi) is 7.40. The van der Waals surface area contributed by atoms with Crippen molar-refractivity contribution >= 4 is 50.7 Å². The molecule has 1 aromatic heterocycles. The van der Waals surface area contributed by atoms with Crippen molar-refractivity contribution in [1.29, 1.82) is 0 Å². The number of carbonyl (C=O) groups excluding carboxylic acids is 2. The number of anilines is 1. The molecule has 0 aliphatic heterocycles. The van der Waals surface area contributed by atoms with Crippen LogP contribution in [0.3, 0.4) is 0 Å². The molecule has 0 spiro atoms. The van der Waals surface area contributed by atoms with Gasteiger partial charge in [0.1, 0.15) is 0 Å². The van der Waals surface area contributed by atoms with Gasteiger partial charge in [-0.15, -0.1) is 0 Å². The van der Waals surface area contributed by atoms with Crippen LogP contribution in [-0.4, -0.2) is 37.6 Å². The number of pyridine rings is 1. The molecule has 2 aromatic rings. The second-order valence-corrected chi connectivity index (χ2v) is 8.88. The molecule has 1 amide bonds. The molecule has 0 fully saturated rings. The molecule has 10 heteroatoms. The molecule has 1 N–H and O–H groups in total. The van der Waals surface area contributed by atoms with Crippen LogP contribution in [0, 0.1) is 13.8 Å². The number of nitrogens with one attached hydrogen (secondary N) is 1. The second kappa shape index (κ2) is 9.36. The number of hydrogen-bond donors (Lipinski definition) is 1. The third-order valence-corrected chi connectivity index (χ3v) is 6.35. The topological polar surface area (TPSA) is 102 Å². The summed E-state index contributed by atoms with van der Waals surface area (Å²) in [6, 6.07) is 6.31. The summed E-state index contributed by atoms with van der Waals surface area (Å²) in [4.78, 5) is 27.7. The van der Waals surface area contributed by atoms with E-state index in [1.54, 1.807) is 19.1 Å². The number of rotatable bonds is 7. The van der Waals surface area contributed by atoms with Crippen LogP contribution in [0.5, 0.6) is 0 Å². The van der Waals surface area contributed by atoms with E-state index in [0.29, 0.717) is 10.6 Å². The van der Waals surface area contributed by atoms with Crippen molar-refractivity contribution in [2.24, 2.45) is 0 Å². The van der Waals surface area contributed by atoms with Crippen LogP contribution in [0.2, 0.25) is 10.0 Å². The Morgan fingerprint density at radius 3 is 2.43 bits per heavy atom. The summed E-state index contributed by atoms with van der Waals surface area (Å²) in [6.45, 7) is 2.91. The first-order valence-electron chi connectivity index (χ1n) is 8.15. The van der Waals surface area contributed by atoms with Crippen LogP contribution in [-0.2, 0) is 24.2 Å². The predicted molar refractivity (Wildman–Crippen MR) is 106 cm³/mol. The Morgan fingerprint density at radius 1 is 1.14 bits per heavy atom. The van der Waals surface area contributed by atoms with Gasteiger partial charge in [0.2, 0.25) is 0 Å². The fraction of sp³-hybridized carbons (Fsp3) is 0.278. The van der Waals surface area contributed by atoms with Crippen LogP contribution in [0.25, 0.3) is 0 Å². The lowest BCUT2D eigenvalue weighted by Crippen LogP contribution is -2.22. The maximum Gasteiger partial charge on any atom is 0.307 e. The summed E-state index contributed by atoms with van der Waals surface area (Å²) in [5.74, 6) is -1.80. The van der Waals surface area contributed by atoms with Gasteiger partial charge in [0.25, 0.3) is 5.91 Å². The van der Waals surface area contributed by atoms with E-state index in [-0.39, 0.29) is 22.2 Å². The minimum Gasteiger partial charge on any atom is -0.456 e. The van der Waals surface area contributed by atoms with E-state index >= 15 is 0 Å². The summed E-state index contributed by atoms with van der Waals surface area (Å²) < 4.78 is 29.2. The van der Waals surface area contributed by atoms with E-state index in [1.165, 1.54) is 18.3 Å². The highest BCUT2D eigenvalue weighted by molar-refractivity contribution is 7.91. The average Bonchev–Trinajstić information content (AvgIpc) is 2.65. The number of ether oxygens (including phenoxy) is 1. The molecule has 150 valence electrons. The first-order valence-corrected chi connectivity index (χ1v) is 10.6. The Bertz CT molecular complexity index is 992. The van der Waals surface area contributed by atoms with Gasteiger partial charge in [0.05, 0.1) is 27.1 Å². The molecular formula is C18H18Cl2N2O5S. The standard InChI is InChI=1S/C18H18Cl2N2O5S/c1-11-3-5-13(6-4-11)28(25,26)8-7-16(24)27-10-15(23)22-18-17(20)12(2)14(19)9-21-18/h3-6,9H,7-8,10H2,1-2H3,(H,21,22,23). The number of sulfone groups is 1. The maximum atomic E-state index is 12.2. The number of esters is 1. The summed E-state index contributed by atoms with van der Waals surface area (Å²) >= 11 is 11.9. The van der Waals surface area contributed by atoms with Gasteiger partial charge in [0.15, 0.2) is 22.3 Å². The van der Waals surface area contributed by atoms with Gasteiger partial charge in [-0.2, -0.15) is 0 Å². The zero-order chi connectivity index (χ0) is 20.9. The van der Waals surface area contributed by atoms with Crippen molar-refractivity contribution in [3.63, 3.8) is 0 Å². The van der Waals surface area contributed by atoms with Crippen LogP contribution < -0.4 is 5.32 Å². The largest absolute Gasteiger partial charge is 0.456 e.